The highest BCUT2D eigenvalue weighted by atomic mass is 16.2. The first-order chi connectivity index (χ1) is 13.5. The van der Waals surface area contributed by atoms with Gasteiger partial charge in [0.1, 0.15) is 6.29 Å². The minimum Gasteiger partial charge on any atom is -0.359 e. The molecule has 6 heteroatoms. The van der Waals surface area contributed by atoms with E-state index in [0.717, 1.165) is 24.7 Å². The zero-order chi connectivity index (χ0) is 20.1. The Balaban J connectivity index is 1.62. The number of piperidine rings is 1. The van der Waals surface area contributed by atoms with Crippen molar-refractivity contribution in [3.63, 3.8) is 0 Å². The number of carbonyl (C=O) groups is 3. The summed E-state index contributed by atoms with van der Waals surface area (Å²) in [4.78, 5) is 39.8. The minimum absolute atomic E-state index is 0.109. The van der Waals surface area contributed by atoms with Gasteiger partial charge in [-0.25, -0.2) is 0 Å². The Morgan fingerprint density at radius 1 is 1.36 bits per heavy atom. The molecule has 3 rings (SSSR count). The number of amides is 2. The summed E-state index contributed by atoms with van der Waals surface area (Å²) in [5.41, 5.74) is 2.93. The van der Waals surface area contributed by atoms with Crippen LogP contribution in [0.4, 0.5) is 0 Å². The van der Waals surface area contributed by atoms with Gasteiger partial charge in [0, 0.05) is 31.6 Å². The summed E-state index contributed by atoms with van der Waals surface area (Å²) in [5, 5.41) is 2.55. The zero-order valence-electron chi connectivity index (χ0n) is 16.9. The standard InChI is InChI=1S/C22H31N3O3/c1-23-21(27)11-9-19(15-26)25-14-17-13-16(7-10-20(17)22(25)28)6-8-18-5-3-4-12-24(18)2/h7,10,13,15,18-19H,3-6,8-9,11-12,14H2,1-2H3,(H,23,27). The third kappa shape index (κ3) is 4.61. The molecule has 0 aliphatic carbocycles. The molecule has 1 saturated heterocycles. The van der Waals surface area contributed by atoms with Crippen molar-refractivity contribution in [2.45, 2.75) is 63.6 Å². The molecule has 1 N–H and O–H groups in total. The molecule has 0 bridgehead atoms. The molecule has 28 heavy (non-hydrogen) atoms. The lowest BCUT2D eigenvalue weighted by Gasteiger charge is -2.32. The van der Waals surface area contributed by atoms with E-state index in [1.54, 1.807) is 11.9 Å². The maximum atomic E-state index is 12.7. The smallest absolute Gasteiger partial charge is 0.255 e. The first kappa shape index (κ1) is 20.5. The third-order valence-electron chi connectivity index (χ3n) is 6.19. The predicted molar refractivity (Wildman–Crippen MR) is 108 cm³/mol. The van der Waals surface area contributed by atoms with Gasteiger partial charge < -0.3 is 19.9 Å². The molecule has 152 valence electrons. The van der Waals surface area contributed by atoms with Gasteiger partial charge in [-0.1, -0.05) is 18.6 Å². The summed E-state index contributed by atoms with van der Waals surface area (Å²) >= 11 is 0. The summed E-state index contributed by atoms with van der Waals surface area (Å²) in [6.45, 7) is 1.63. The van der Waals surface area contributed by atoms with E-state index >= 15 is 0 Å². The molecule has 2 unspecified atom stereocenters. The summed E-state index contributed by atoms with van der Waals surface area (Å²) in [5.74, 6) is -0.228. The van der Waals surface area contributed by atoms with E-state index in [0.29, 0.717) is 24.6 Å². The summed E-state index contributed by atoms with van der Waals surface area (Å²) < 4.78 is 0. The van der Waals surface area contributed by atoms with Crippen LogP contribution in [-0.4, -0.2) is 60.6 Å². The van der Waals surface area contributed by atoms with Crippen molar-refractivity contribution in [2.24, 2.45) is 0 Å². The first-order valence-corrected chi connectivity index (χ1v) is 10.3. The normalized spacial score (nSPS) is 20.7. The molecule has 1 aromatic carbocycles. The number of fused-ring (bicyclic) bond motifs is 1. The highest BCUT2D eigenvalue weighted by molar-refractivity contribution is 5.99. The van der Waals surface area contributed by atoms with Crippen LogP contribution in [-0.2, 0) is 22.6 Å². The van der Waals surface area contributed by atoms with Crippen LogP contribution < -0.4 is 5.32 Å². The first-order valence-electron chi connectivity index (χ1n) is 10.3. The fourth-order valence-corrected chi connectivity index (χ4v) is 4.36. The lowest BCUT2D eigenvalue weighted by molar-refractivity contribution is -0.121. The topological polar surface area (TPSA) is 69.7 Å². The van der Waals surface area contributed by atoms with Gasteiger partial charge in [-0.3, -0.25) is 9.59 Å². The lowest BCUT2D eigenvalue weighted by atomic mass is 9.95. The molecular formula is C22H31N3O3. The zero-order valence-corrected chi connectivity index (χ0v) is 16.9. The molecule has 2 aliphatic heterocycles. The van der Waals surface area contributed by atoms with E-state index in [1.807, 2.05) is 12.1 Å². The van der Waals surface area contributed by atoms with Crippen molar-refractivity contribution >= 4 is 18.1 Å². The quantitative estimate of drug-likeness (QED) is 0.696. The summed E-state index contributed by atoms with van der Waals surface area (Å²) in [6.07, 6.45) is 7.38. The number of aryl methyl sites for hydroxylation is 1. The minimum atomic E-state index is -0.559. The Kier molecular flexibility index (Phi) is 6.83. The molecule has 6 nitrogen and oxygen atoms in total. The molecular weight excluding hydrogens is 354 g/mol. The number of carbonyl (C=O) groups excluding carboxylic acids is 3. The van der Waals surface area contributed by atoms with Crippen LogP contribution in [0.1, 0.15) is 60.0 Å². The Hall–Kier alpha value is -2.21. The number of rotatable bonds is 8. The molecule has 2 atom stereocenters. The average molecular weight is 386 g/mol. The molecule has 0 saturated carbocycles. The van der Waals surface area contributed by atoms with Crippen molar-refractivity contribution in [2.75, 3.05) is 20.6 Å². The summed E-state index contributed by atoms with van der Waals surface area (Å²) in [6, 6.07) is 6.15. The second-order valence-corrected chi connectivity index (χ2v) is 8.01. The van der Waals surface area contributed by atoms with E-state index in [1.165, 1.54) is 31.4 Å². The van der Waals surface area contributed by atoms with Crippen molar-refractivity contribution in [3.8, 4) is 0 Å². The van der Waals surface area contributed by atoms with E-state index < -0.39 is 6.04 Å². The SMILES string of the molecule is CNC(=O)CCC(C=O)N1Cc2cc(CCC3CCCCN3C)ccc2C1=O. The number of nitrogens with zero attached hydrogens (tertiary/aromatic N) is 2. The van der Waals surface area contributed by atoms with Gasteiger partial charge in [0.2, 0.25) is 5.91 Å². The maximum Gasteiger partial charge on any atom is 0.255 e. The van der Waals surface area contributed by atoms with Gasteiger partial charge in [0.05, 0.1) is 6.04 Å². The van der Waals surface area contributed by atoms with Crippen molar-refractivity contribution in [1.29, 1.82) is 0 Å². The second-order valence-electron chi connectivity index (χ2n) is 8.01. The molecule has 0 radical (unpaired) electrons. The number of benzene rings is 1. The van der Waals surface area contributed by atoms with Gasteiger partial charge >= 0.3 is 0 Å². The molecule has 1 fully saturated rings. The van der Waals surface area contributed by atoms with Gasteiger partial charge in [-0.2, -0.15) is 0 Å². The molecule has 2 amide bonds. The number of aldehydes is 1. The number of hydrogen-bond acceptors (Lipinski definition) is 4. The van der Waals surface area contributed by atoms with Crippen LogP contribution in [0.3, 0.4) is 0 Å². The van der Waals surface area contributed by atoms with Crippen LogP contribution in [0.15, 0.2) is 18.2 Å². The third-order valence-corrected chi connectivity index (χ3v) is 6.19. The fourth-order valence-electron chi connectivity index (χ4n) is 4.36. The van der Waals surface area contributed by atoms with Crippen molar-refractivity contribution in [3.05, 3.63) is 34.9 Å². The highest BCUT2D eigenvalue weighted by Crippen LogP contribution is 2.28. The number of hydrogen-bond donors (Lipinski definition) is 1. The van der Waals surface area contributed by atoms with Crippen molar-refractivity contribution in [1.82, 2.24) is 15.1 Å². The predicted octanol–water partition coefficient (Wildman–Crippen LogP) is 2.15. The second kappa shape index (κ2) is 9.32. The van der Waals surface area contributed by atoms with E-state index in [2.05, 4.69) is 23.3 Å². The van der Waals surface area contributed by atoms with Crippen LogP contribution >= 0.6 is 0 Å². The Bertz CT molecular complexity index is 734. The monoisotopic (exact) mass is 385 g/mol. The van der Waals surface area contributed by atoms with E-state index in [9.17, 15) is 14.4 Å². The van der Waals surface area contributed by atoms with Crippen LogP contribution in [0, 0.1) is 0 Å². The molecule has 2 aliphatic rings. The molecule has 2 heterocycles. The summed E-state index contributed by atoms with van der Waals surface area (Å²) in [7, 11) is 3.78. The van der Waals surface area contributed by atoms with Crippen LogP contribution in [0.25, 0.3) is 0 Å². The van der Waals surface area contributed by atoms with Gasteiger partial charge in [-0.05, 0) is 62.9 Å². The van der Waals surface area contributed by atoms with Crippen molar-refractivity contribution < 1.29 is 14.4 Å². The maximum absolute atomic E-state index is 12.7. The molecule has 0 aromatic heterocycles. The van der Waals surface area contributed by atoms with Gasteiger partial charge in [0.15, 0.2) is 0 Å². The fraction of sp³-hybridized carbons (Fsp3) is 0.591. The van der Waals surface area contributed by atoms with E-state index in [-0.39, 0.29) is 18.2 Å². The lowest BCUT2D eigenvalue weighted by Crippen LogP contribution is -2.37. The molecule has 1 aromatic rings. The average Bonchev–Trinajstić information content (AvgIpc) is 3.03. The largest absolute Gasteiger partial charge is 0.359 e. The van der Waals surface area contributed by atoms with Crippen LogP contribution in [0.5, 0.6) is 0 Å². The highest BCUT2D eigenvalue weighted by Gasteiger charge is 2.32. The van der Waals surface area contributed by atoms with Gasteiger partial charge in [0.25, 0.3) is 5.91 Å². The Morgan fingerprint density at radius 2 is 2.18 bits per heavy atom. The Morgan fingerprint density at radius 3 is 2.89 bits per heavy atom. The number of likely N-dealkylation sites (tertiary alicyclic amines) is 1. The van der Waals surface area contributed by atoms with E-state index in [4.69, 9.17) is 0 Å². The number of nitrogens with one attached hydrogen (secondary N) is 1. The molecule has 0 spiro atoms. The van der Waals surface area contributed by atoms with Gasteiger partial charge in [-0.15, -0.1) is 0 Å². The van der Waals surface area contributed by atoms with Crippen LogP contribution in [0.2, 0.25) is 0 Å². The Labute approximate surface area is 167 Å².